The Balaban J connectivity index is 2.07. The Bertz CT molecular complexity index is 146. The maximum absolute atomic E-state index is 5.40. The van der Waals surface area contributed by atoms with Crippen LogP contribution in [0.15, 0.2) is 0 Å². The van der Waals surface area contributed by atoms with Gasteiger partial charge in [-0.3, -0.25) is 4.90 Å². The SMILES string of the molecule is CC(C)N(CCOCCN)CC1CC1. The lowest BCUT2D eigenvalue weighted by Gasteiger charge is -2.26. The lowest BCUT2D eigenvalue weighted by Crippen LogP contribution is -2.35. The van der Waals surface area contributed by atoms with Crippen LogP contribution in [0.5, 0.6) is 0 Å². The third kappa shape index (κ3) is 4.94. The van der Waals surface area contributed by atoms with Gasteiger partial charge in [-0.25, -0.2) is 0 Å². The zero-order chi connectivity index (χ0) is 10.4. The van der Waals surface area contributed by atoms with Gasteiger partial charge in [-0.1, -0.05) is 0 Å². The van der Waals surface area contributed by atoms with E-state index >= 15 is 0 Å². The van der Waals surface area contributed by atoms with Crippen LogP contribution >= 0.6 is 0 Å². The third-order valence-electron chi connectivity index (χ3n) is 2.70. The Morgan fingerprint density at radius 2 is 2.07 bits per heavy atom. The maximum atomic E-state index is 5.40. The molecule has 1 rings (SSSR count). The molecule has 0 radical (unpaired) electrons. The van der Waals surface area contributed by atoms with Crippen molar-refractivity contribution < 1.29 is 4.74 Å². The summed E-state index contributed by atoms with van der Waals surface area (Å²) in [6, 6.07) is 0.636. The Morgan fingerprint density at radius 1 is 1.36 bits per heavy atom. The second-order valence-corrected chi connectivity index (χ2v) is 4.43. The molecule has 0 aromatic carbocycles. The Hall–Kier alpha value is -0.120. The first-order valence-corrected chi connectivity index (χ1v) is 5.76. The van der Waals surface area contributed by atoms with Gasteiger partial charge in [0.1, 0.15) is 0 Å². The predicted octanol–water partition coefficient (Wildman–Crippen LogP) is 1.08. The largest absolute Gasteiger partial charge is 0.379 e. The molecule has 3 heteroatoms. The van der Waals surface area contributed by atoms with Crippen molar-refractivity contribution in [2.45, 2.75) is 32.7 Å². The van der Waals surface area contributed by atoms with Gasteiger partial charge >= 0.3 is 0 Å². The minimum absolute atomic E-state index is 0.629. The zero-order valence-corrected chi connectivity index (χ0v) is 9.54. The Morgan fingerprint density at radius 3 is 2.57 bits per heavy atom. The van der Waals surface area contributed by atoms with E-state index in [1.165, 1.54) is 19.4 Å². The summed E-state index contributed by atoms with van der Waals surface area (Å²) in [5.74, 6) is 0.965. The van der Waals surface area contributed by atoms with Gasteiger partial charge in [0.25, 0.3) is 0 Å². The van der Waals surface area contributed by atoms with E-state index in [2.05, 4.69) is 18.7 Å². The first-order valence-electron chi connectivity index (χ1n) is 5.76. The minimum Gasteiger partial charge on any atom is -0.379 e. The van der Waals surface area contributed by atoms with Crippen LogP contribution < -0.4 is 5.73 Å². The molecule has 14 heavy (non-hydrogen) atoms. The van der Waals surface area contributed by atoms with E-state index in [0.717, 1.165) is 19.1 Å². The van der Waals surface area contributed by atoms with Gasteiger partial charge in [0.15, 0.2) is 0 Å². The molecule has 0 aromatic heterocycles. The molecule has 1 aliphatic rings. The summed E-state index contributed by atoms with van der Waals surface area (Å²) in [4.78, 5) is 2.51. The highest BCUT2D eigenvalue weighted by molar-refractivity contribution is 4.78. The Labute approximate surface area is 87.6 Å². The van der Waals surface area contributed by atoms with E-state index in [1.807, 2.05) is 0 Å². The fraction of sp³-hybridized carbons (Fsp3) is 1.00. The van der Waals surface area contributed by atoms with E-state index in [4.69, 9.17) is 10.5 Å². The molecule has 0 unspecified atom stereocenters. The molecule has 0 aromatic rings. The molecule has 0 saturated heterocycles. The van der Waals surface area contributed by atoms with Crippen molar-refractivity contribution in [1.82, 2.24) is 4.90 Å². The zero-order valence-electron chi connectivity index (χ0n) is 9.54. The summed E-state index contributed by atoms with van der Waals surface area (Å²) in [6.45, 7) is 8.95. The molecule has 0 heterocycles. The lowest BCUT2D eigenvalue weighted by molar-refractivity contribution is 0.0950. The van der Waals surface area contributed by atoms with Crippen molar-refractivity contribution in [3.05, 3.63) is 0 Å². The maximum Gasteiger partial charge on any atom is 0.0594 e. The van der Waals surface area contributed by atoms with Gasteiger partial charge in [0.2, 0.25) is 0 Å². The molecule has 0 spiro atoms. The van der Waals surface area contributed by atoms with Gasteiger partial charge in [-0.05, 0) is 32.6 Å². The van der Waals surface area contributed by atoms with Crippen LogP contribution in [-0.4, -0.2) is 43.8 Å². The van der Waals surface area contributed by atoms with Crippen molar-refractivity contribution >= 4 is 0 Å². The van der Waals surface area contributed by atoms with Gasteiger partial charge in [0, 0.05) is 25.7 Å². The van der Waals surface area contributed by atoms with Crippen LogP contribution in [0.4, 0.5) is 0 Å². The van der Waals surface area contributed by atoms with Crippen molar-refractivity contribution in [2.75, 3.05) is 32.8 Å². The number of hydrogen-bond acceptors (Lipinski definition) is 3. The molecular formula is C11H24N2O. The van der Waals surface area contributed by atoms with Crippen molar-refractivity contribution in [3.63, 3.8) is 0 Å². The standard InChI is InChI=1S/C11H24N2O/c1-10(2)13(9-11-3-4-11)6-8-14-7-5-12/h10-11H,3-9,12H2,1-2H3. The number of nitrogens with two attached hydrogens (primary N) is 1. The summed E-state index contributed by atoms with van der Waals surface area (Å²) in [7, 11) is 0. The van der Waals surface area contributed by atoms with E-state index in [1.54, 1.807) is 0 Å². The van der Waals surface area contributed by atoms with Crippen LogP contribution in [-0.2, 0) is 4.74 Å². The van der Waals surface area contributed by atoms with Gasteiger partial charge in [-0.2, -0.15) is 0 Å². The lowest BCUT2D eigenvalue weighted by atomic mass is 10.3. The second-order valence-electron chi connectivity index (χ2n) is 4.43. The highest BCUT2D eigenvalue weighted by Crippen LogP contribution is 2.30. The summed E-state index contributed by atoms with van der Waals surface area (Å²) in [6.07, 6.45) is 2.85. The fourth-order valence-electron chi connectivity index (χ4n) is 1.56. The van der Waals surface area contributed by atoms with Crippen molar-refractivity contribution in [3.8, 4) is 0 Å². The normalized spacial score (nSPS) is 16.9. The molecule has 1 aliphatic carbocycles. The van der Waals surface area contributed by atoms with Gasteiger partial charge < -0.3 is 10.5 Å². The monoisotopic (exact) mass is 200 g/mol. The molecule has 2 N–H and O–H groups in total. The Kier molecular flexibility index (Phi) is 5.45. The number of ether oxygens (including phenoxy) is 1. The number of hydrogen-bond donors (Lipinski definition) is 1. The molecule has 0 atom stereocenters. The summed E-state index contributed by atoms with van der Waals surface area (Å²) < 4.78 is 5.40. The van der Waals surface area contributed by atoms with Gasteiger partial charge in [0.05, 0.1) is 13.2 Å². The smallest absolute Gasteiger partial charge is 0.0594 e. The highest BCUT2D eigenvalue weighted by Gasteiger charge is 2.25. The van der Waals surface area contributed by atoms with E-state index in [-0.39, 0.29) is 0 Å². The van der Waals surface area contributed by atoms with Crippen LogP contribution in [0.1, 0.15) is 26.7 Å². The topological polar surface area (TPSA) is 38.5 Å². The van der Waals surface area contributed by atoms with Crippen LogP contribution in [0, 0.1) is 5.92 Å². The molecule has 84 valence electrons. The first kappa shape index (κ1) is 12.0. The number of nitrogens with zero attached hydrogens (tertiary/aromatic N) is 1. The average molecular weight is 200 g/mol. The average Bonchev–Trinajstić information content (AvgIpc) is 2.93. The number of rotatable bonds is 8. The first-order chi connectivity index (χ1) is 6.74. The molecule has 3 nitrogen and oxygen atoms in total. The van der Waals surface area contributed by atoms with E-state index in [0.29, 0.717) is 19.2 Å². The van der Waals surface area contributed by atoms with E-state index in [9.17, 15) is 0 Å². The molecule has 1 fully saturated rings. The second kappa shape index (κ2) is 6.38. The highest BCUT2D eigenvalue weighted by atomic mass is 16.5. The molecule has 0 amide bonds. The molecule has 1 saturated carbocycles. The quantitative estimate of drug-likeness (QED) is 0.596. The summed E-state index contributed by atoms with van der Waals surface area (Å²) in [5, 5.41) is 0. The molecule has 0 aliphatic heterocycles. The molecule has 0 bridgehead atoms. The summed E-state index contributed by atoms with van der Waals surface area (Å²) >= 11 is 0. The van der Waals surface area contributed by atoms with Crippen LogP contribution in [0.25, 0.3) is 0 Å². The van der Waals surface area contributed by atoms with Gasteiger partial charge in [-0.15, -0.1) is 0 Å². The van der Waals surface area contributed by atoms with Crippen molar-refractivity contribution in [1.29, 1.82) is 0 Å². The minimum atomic E-state index is 0.629. The predicted molar refractivity (Wildman–Crippen MR) is 59.3 cm³/mol. The summed E-state index contributed by atoms with van der Waals surface area (Å²) in [5.41, 5.74) is 5.36. The molecular weight excluding hydrogens is 176 g/mol. The van der Waals surface area contributed by atoms with E-state index < -0.39 is 0 Å². The third-order valence-corrected chi connectivity index (χ3v) is 2.70. The van der Waals surface area contributed by atoms with Crippen LogP contribution in [0.2, 0.25) is 0 Å². The van der Waals surface area contributed by atoms with Crippen LogP contribution in [0.3, 0.4) is 0 Å². The van der Waals surface area contributed by atoms with Crippen molar-refractivity contribution in [2.24, 2.45) is 11.7 Å². The fourth-order valence-corrected chi connectivity index (χ4v) is 1.56.